The van der Waals surface area contributed by atoms with E-state index in [1.165, 1.54) is 0 Å². The summed E-state index contributed by atoms with van der Waals surface area (Å²) in [4.78, 5) is 10.5. The molecule has 3 N–H and O–H groups in total. The lowest BCUT2D eigenvalue weighted by atomic mass is 10.2. The van der Waals surface area contributed by atoms with E-state index in [2.05, 4.69) is 0 Å². The van der Waals surface area contributed by atoms with Gasteiger partial charge in [0.15, 0.2) is 0 Å². The molecule has 3 heteroatoms. The lowest BCUT2D eigenvalue weighted by molar-refractivity contribution is -0.138. The van der Waals surface area contributed by atoms with Crippen molar-refractivity contribution in [2.75, 3.05) is 0 Å². The Morgan fingerprint density at radius 2 is 2.60 bits per heavy atom. The number of aliphatic carboxylic acids is 1. The average molecular weight is 151 g/mol. The van der Waals surface area contributed by atoms with Crippen LogP contribution in [0.25, 0.3) is 0 Å². The second-order valence-corrected chi connectivity index (χ2v) is 2.14. The summed E-state index contributed by atoms with van der Waals surface area (Å²) in [5, 5.41) is 8.56. The third-order valence-electron chi connectivity index (χ3n) is 1.23. The number of hydrogen-bond acceptors (Lipinski definition) is 2. The minimum absolute atomic E-state index is 0.279. The van der Waals surface area contributed by atoms with Crippen LogP contribution in [-0.4, -0.2) is 17.1 Å². The van der Waals surface area contributed by atoms with E-state index in [1.807, 2.05) is 0 Å². The third-order valence-corrected chi connectivity index (χ3v) is 1.23. The molecule has 0 saturated carbocycles. The Hall–Kier alpha value is -0.570. The monoisotopic (exact) mass is 151 g/mol. The molecular weight excluding hydrogens is 132 g/mol. The number of carboxylic acid groups (broad SMARTS) is 1. The third kappa shape index (κ3) is 3.45. The molecule has 3 nitrogen and oxygen atoms in total. The highest BCUT2D eigenvalue weighted by Gasteiger charge is 2.13. The van der Waals surface area contributed by atoms with Gasteiger partial charge < -0.3 is 10.8 Å². The van der Waals surface area contributed by atoms with Crippen molar-refractivity contribution < 1.29 is 15.4 Å². The van der Waals surface area contributed by atoms with Crippen LogP contribution in [0.4, 0.5) is 0 Å². The van der Waals surface area contributed by atoms with Crippen molar-refractivity contribution in [2.24, 2.45) is 11.7 Å². The first-order valence-electron chi connectivity index (χ1n) is 5.13. The Kier molecular flexibility index (Phi) is 1.86. The molecule has 0 aromatic rings. The smallest absolute Gasteiger partial charge is 0.320 e. The Morgan fingerprint density at radius 1 is 2.00 bits per heavy atom. The first-order valence-corrected chi connectivity index (χ1v) is 3.13. The van der Waals surface area contributed by atoms with Crippen LogP contribution in [0.3, 0.4) is 0 Å². The van der Waals surface area contributed by atoms with Crippen LogP contribution in [0.1, 0.15) is 32.1 Å². The predicted molar refractivity (Wildman–Crippen MR) is 39.7 cm³/mol. The van der Waals surface area contributed by atoms with Gasteiger partial charge in [-0.15, -0.1) is 0 Å². The molecule has 1 unspecified atom stereocenters. The van der Waals surface area contributed by atoms with E-state index in [1.54, 1.807) is 6.92 Å². The zero-order valence-corrected chi connectivity index (χ0v) is 5.92. The van der Waals surface area contributed by atoms with Crippen LogP contribution in [0.5, 0.6) is 0 Å². The fourth-order valence-corrected chi connectivity index (χ4v) is 0.497. The van der Waals surface area contributed by atoms with E-state index in [0.29, 0.717) is 0 Å². The summed E-state index contributed by atoms with van der Waals surface area (Å²) in [6, 6.07) is -2.21. The Bertz CT molecular complexity index is 214. The maximum Gasteiger partial charge on any atom is 0.320 e. The van der Waals surface area contributed by atoms with Gasteiger partial charge in [-0.2, -0.15) is 0 Å². The standard InChI is InChI=1S/C7H15NO2/c1-3-5(2)4-6(8)7(9)10/h5-6H,3-4,8H2,1-2H3,(H,9,10)/t5?,6-/m0/s1/i2+1D3,6+1D. The first-order chi connectivity index (χ1) is 6.11. The second-order valence-electron chi connectivity index (χ2n) is 2.14. The summed E-state index contributed by atoms with van der Waals surface area (Å²) in [6.07, 6.45) is -0.0864. The molecule has 0 bridgehead atoms. The van der Waals surface area contributed by atoms with Gasteiger partial charge in [0, 0.05) is 4.11 Å². The summed E-state index contributed by atoms with van der Waals surface area (Å²) >= 11 is 0. The van der Waals surface area contributed by atoms with E-state index in [0.717, 1.165) is 0 Å². The van der Waals surface area contributed by atoms with Gasteiger partial charge in [-0.1, -0.05) is 20.2 Å². The summed E-state index contributed by atoms with van der Waals surface area (Å²) in [5.41, 5.74) is 5.15. The average Bonchev–Trinajstić information content (AvgIpc) is 1.97. The number of rotatable bonds is 4. The van der Waals surface area contributed by atoms with Gasteiger partial charge >= 0.3 is 5.97 Å². The van der Waals surface area contributed by atoms with Crippen LogP contribution < -0.4 is 5.73 Å². The predicted octanol–water partition coefficient (Wildman–Crippen LogP) is 0.835. The number of carbonyl (C=O) groups is 1. The molecule has 0 aliphatic rings. The summed E-state index contributed by atoms with van der Waals surface area (Å²) < 4.78 is 28.6. The van der Waals surface area contributed by atoms with Gasteiger partial charge in [-0.25, -0.2) is 0 Å². The van der Waals surface area contributed by atoms with Crippen LogP contribution in [0, 0.1) is 5.92 Å². The van der Waals surface area contributed by atoms with Crippen LogP contribution >= 0.6 is 0 Å². The zero-order valence-electron chi connectivity index (χ0n) is 9.92. The fraction of sp³-hybridized carbons (Fsp3) is 0.857. The molecule has 0 aliphatic carbocycles. The first kappa shape index (κ1) is 4.34. The highest BCUT2D eigenvalue weighted by molar-refractivity contribution is 5.72. The molecule has 0 aliphatic heterocycles. The summed E-state index contributed by atoms with van der Waals surface area (Å²) in [7, 11) is 0. The Balaban J connectivity index is 4.55. The van der Waals surface area contributed by atoms with Crippen LogP contribution in [-0.2, 0) is 4.79 Å². The van der Waals surface area contributed by atoms with Gasteiger partial charge in [0.25, 0.3) is 0 Å². The minimum Gasteiger partial charge on any atom is -0.480 e. The molecule has 0 fully saturated rings. The number of carboxylic acids is 1. The quantitative estimate of drug-likeness (QED) is 0.585. The second kappa shape index (κ2) is 4.28. The molecule has 0 heterocycles. The molecule has 0 rings (SSSR count). The number of nitrogens with two attached hydrogens (primary N) is 1. The molecular formula is C7H15NO2. The van der Waals surface area contributed by atoms with Crippen molar-refractivity contribution in [2.45, 2.75) is 32.6 Å². The Morgan fingerprint density at radius 3 is 2.90 bits per heavy atom. The van der Waals surface area contributed by atoms with Gasteiger partial charge in [0.2, 0.25) is 0 Å². The molecule has 0 aromatic heterocycles. The van der Waals surface area contributed by atoms with Crippen molar-refractivity contribution >= 4 is 5.97 Å². The minimum atomic E-state index is -2.25. The van der Waals surface area contributed by atoms with Gasteiger partial charge in [0.1, 0.15) is 6.02 Å². The van der Waals surface area contributed by atoms with Crippen molar-refractivity contribution in [3.8, 4) is 0 Å². The molecule has 10 heavy (non-hydrogen) atoms. The highest BCUT2D eigenvalue weighted by Crippen LogP contribution is 2.07. The molecule has 0 saturated heterocycles. The maximum atomic E-state index is 10.5. The Labute approximate surface area is 66.8 Å². The van der Waals surface area contributed by atoms with Gasteiger partial charge in [-0.3, -0.25) is 4.79 Å². The van der Waals surface area contributed by atoms with Crippen molar-refractivity contribution in [3.05, 3.63) is 0 Å². The zero-order chi connectivity index (χ0) is 11.6. The normalized spacial score (nSPS) is 26.6. The molecule has 0 radical (unpaired) electrons. The largest absolute Gasteiger partial charge is 0.480 e. The SMILES string of the molecule is [2H][13C]([2H])([2H])C(CC)C[13C@]([2H])(N)C(=O)O. The molecule has 0 aromatic carbocycles. The maximum absolute atomic E-state index is 10.5. The fourth-order valence-electron chi connectivity index (χ4n) is 0.497. The van der Waals surface area contributed by atoms with Gasteiger partial charge in [-0.05, 0) is 12.3 Å². The van der Waals surface area contributed by atoms with Crippen molar-refractivity contribution in [3.63, 3.8) is 0 Å². The summed E-state index contributed by atoms with van der Waals surface area (Å²) in [5.74, 6) is -2.35. The molecule has 2 atom stereocenters. The van der Waals surface area contributed by atoms with Crippen molar-refractivity contribution in [1.82, 2.24) is 0 Å². The van der Waals surface area contributed by atoms with E-state index < -0.39 is 24.8 Å². The van der Waals surface area contributed by atoms with Crippen LogP contribution in [0.2, 0.25) is 0 Å². The molecule has 0 amide bonds. The number of hydrogen-bond donors (Lipinski definition) is 2. The van der Waals surface area contributed by atoms with E-state index >= 15 is 0 Å². The van der Waals surface area contributed by atoms with E-state index in [4.69, 9.17) is 16.3 Å². The lowest BCUT2D eigenvalue weighted by Gasteiger charge is -2.10. The summed E-state index contributed by atoms with van der Waals surface area (Å²) in [6.45, 7) is -0.620. The highest BCUT2D eigenvalue weighted by atomic mass is 16.4. The van der Waals surface area contributed by atoms with E-state index in [9.17, 15) is 4.79 Å². The topological polar surface area (TPSA) is 63.3 Å². The molecule has 60 valence electrons. The van der Waals surface area contributed by atoms with Crippen molar-refractivity contribution in [1.29, 1.82) is 0 Å². The lowest BCUT2D eigenvalue weighted by Crippen LogP contribution is -2.31. The van der Waals surface area contributed by atoms with Crippen LogP contribution in [0.15, 0.2) is 0 Å². The van der Waals surface area contributed by atoms with Gasteiger partial charge in [0.05, 0.1) is 1.37 Å². The van der Waals surface area contributed by atoms with E-state index in [-0.39, 0.29) is 12.8 Å². The molecule has 0 spiro atoms.